The maximum Gasteiger partial charge on any atom is 0.235 e. The average molecular weight is 389 g/mol. The van der Waals surface area contributed by atoms with Crippen LogP contribution in [0.15, 0.2) is 30.3 Å². The summed E-state index contributed by atoms with van der Waals surface area (Å²) < 4.78 is 21.1. The van der Waals surface area contributed by atoms with Gasteiger partial charge in [0.25, 0.3) is 0 Å². The van der Waals surface area contributed by atoms with Crippen LogP contribution in [0.1, 0.15) is 11.6 Å². The van der Waals surface area contributed by atoms with Crippen LogP contribution in [0.25, 0.3) is 0 Å². The highest BCUT2D eigenvalue weighted by atomic mass is 16.5. The van der Waals surface area contributed by atoms with Crippen molar-refractivity contribution in [2.24, 2.45) is 5.92 Å². The zero-order valence-electron chi connectivity index (χ0n) is 16.1. The molecule has 1 saturated heterocycles. The van der Waals surface area contributed by atoms with Gasteiger partial charge in [-0.2, -0.15) is 0 Å². The molecular weight excluding hydrogens is 366 g/mol. The normalized spacial score (nSPS) is 18.5. The zero-order chi connectivity index (χ0) is 20.4. The van der Waals surface area contributed by atoms with Crippen molar-refractivity contribution >= 4 is 11.6 Å². The van der Waals surface area contributed by atoms with Gasteiger partial charge in [-0.25, -0.2) is 0 Å². The van der Waals surface area contributed by atoms with Gasteiger partial charge in [-0.3, -0.25) is 4.79 Å². The molecule has 0 saturated carbocycles. The number of β-lactam (4-membered cyclic amide) rings is 1. The van der Waals surface area contributed by atoms with Gasteiger partial charge in [-0.1, -0.05) is 6.07 Å². The number of aliphatic hydroxyl groups is 1. The number of benzene rings is 2. The Morgan fingerprint density at radius 1 is 0.929 bits per heavy atom. The van der Waals surface area contributed by atoms with Crippen molar-refractivity contribution in [3.8, 4) is 28.7 Å². The summed E-state index contributed by atoms with van der Waals surface area (Å²) in [6, 6.07) is 7.78. The topological polar surface area (TPSA) is 97.7 Å². The highest BCUT2D eigenvalue weighted by molar-refractivity contribution is 6.03. The molecule has 0 spiro atoms. The molecule has 150 valence electrons. The molecule has 0 radical (unpaired) electrons. The van der Waals surface area contributed by atoms with Crippen molar-refractivity contribution in [2.45, 2.75) is 6.04 Å². The van der Waals surface area contributed by atoms with Gasteiger partial charge in [0.05, 0.1) is 52.7 Å². The van der Waals surface area contributed by atoms with E-state index < -0.39 is 12.0 Å². The van der Waals surface area contributed by atoms with E-state index >= 15 is 0 Å². The molecule has 0 aliphatic carbocycles. The van der Waals surface area contributed by atoms with E-state index in [-0.39, 0.29) is 18.3 Å². The summed E-state index contributed by atoms with van der Waals surface area (Å²) in [7, 11) is 5.95. The van der Waals surface area contributed by atoms with E-state index in [1.807, 2.05) is 0 Å². The van der Waals surface area contributed by atoms with Gasteiger partial charge in [0.1, 0.15) is 0 Å². The summed E-state index contributed by atoms with van der Waals surface area (Å²) in [6.45, 7) is -0.308. The molecule has 2 aromatic rings. The van der Waals surface area contributed by atoms with Crippen LogP contribution in [0.3, 0.4) is 0 Å². The maximum absolute atomic E-state index is 12.7. The molecule has 3 rings (SSSR count). The van der Waals surface area contributed by atoms with Crippen molar-refractivity contribution in [3.05, 3.63) is 35.9 Å². The number of hydrogen-bond donors (Lipinski definition) is 2. The molecule has 2 aromatic carbocycles. The molecule has 28 heavy (non-hydrogen) atoms. The highest BCUT2D eigenvalue weighted by Gasteiger charge is 2.49. The lowest BCUT2D eigenvalue weighted by Gasteiger charge is -2.47. The predicted octanol–water partition coefficient (Wildman–Crippen LogP) is 2.12. The average Bonchev–Trinajstić information content (AvgIpc) is 2.71. The van der Waals surface area contributed by atoms with Crippen LogP contribution in [0, 0.1) is 5.92 Å². The van der Waals surface area contributed by atoms with Crippen LogP contribution >= 0.6 is 0 Å². The fraction of sp³-hybridized carbons (Fsp3) is 0.350. The molecule has 1 aliphatic rings. The Morgan fingerprint density at radius 3 is 2.00 bits per heavy atom. The standard InChI is InChI=1S/C20H23NO7/c1-25-15-6-5-11(7-14(15)23)18-13(10-22)20(24)21(18)12-8-16(26-2)19(28-4)17(9-12)27-3/h5-9,13,18,22-23H,10H2,1-4H3/t13-,18?/m1/s1. The molecule has 1 aliphatic heterocycles. The lowest BCUT2D eigenvalue weighted by atomic mass is 9.82. The smallest absolute Gasteiger partial charge is 0.235 e. The first kappa shape index (κ1) is 19.6. The second kappa shape index (κ2) is 7.85. The number of carbonyl (C=O) groups is 1. The fourth-order valence-electron chi connectivity index (χ4n) is 3.49. The molecule has 1 amide bonds. The number of carbonyl (C=O) groups excluding carboxylic acids is 1. The SMILES string of the molecule is COc1ccc(C2[C@@H](CO)C(=O)N2c2cc(OC)c(OC)c(OC)c2)cc1O. The van der Waals surface area contributed by atoms with Crippen LogP contribution < -0.4 is 23.8 Å². The molecule has 0 aromatic heterocycles. The Morgan fingerprint density at radius 2 is 1.54 bits per heavy atom. The number of amides is 1. The van der Waals surface area contributed by atoms with Gasteiger partial charge < -0.3 is 34.1 Å². The van der Waals surface area contributed by atoms with Crippen molar-refractivity contribution in [2.75, 3.05) is 39.9 Å². The predicted molar refractivity (Wildman–Crippen MR) is 102 cm³/mol. The third-order valence-corrected chi connectivity index (χ3v) is 4.88. The van der Waals surface area contributed by atoms with E-state index in [2.05, 4.69) is 0 Å². The number of nitrogens with zero attached hydrogens (tertiary/aromatic N) is 1. The summed E-state index contributed by atoms with van der Waals surface area (Å²) in [4.78, 5) is 14.2. The minimum absolute atomic E-state index is 0.0409. The summed E-state index contributed by atoms with van der Waals surface area (Å²) in [6.07, 6.45) is 0. The van der Waals surface area contributed by atoms with Crippen LogP contribution in [-0.4, -0.2) is 51.2 Å². The molecule has 2 atom stereocenters. The Hall–Kier alpha value is -3.13. The number of hydrogen-bond acceptors (Lipinski definition) is 7. The van der Waals surface area contributed by atoms with E-state index in [4.69, 9.17) is 18.9 Å². The Bertz CT molecular complexity index is 858. The fourth-order valence-corrected chi connectivity index (χ4v) is 3.49. The summed E-state index contributed by atoms with van der Waals surface area (Å²) in [5.41, 5.74) is 1.20. The summed E-state index contributed by atoms with van der Waals surface area (Å²) in [5, 5.41) is 19.8. The second-order valence-corrected chi connectivity index (χ2v) is 6.26. The number of rotatable bonds is 7. The molecule has 1 fully saturated rings. The van der Waals surface area contributed by atoms with Crippen LogP contribution in [0.4, 0.5) is 5.69 Å². The van der Waals surface area contributed by atoms with Crippen molar-refractivity contribution in [1.82, 2.24) is 0 Å². The molecule has 1 unspecified atom stereocenters. The quantitative estimate of drug-likeness (QED) is 0.700. The lowest BCUT2D eigenvalue weighted by molar-refractivity contribution is -0.132. The molecule has 1 heterocycles. The molecule has 0 bridgehead atoms. The first-order valence-corrected chi connectivity index (χ1v) is 8.61. The number of ether oxygens (including phenoxy) is 4. The Balaban J connectivity index is 2.07. The van der Waals surface area contributed by atoms with E-state index in [1.165, 1.54) is 39.4 Å². The first-order chi connectivity index (χ1) is 13.5. The number of aliphatic hydroxyl groups excluding tert-OH is 1. The minimum Gasteiger partial charge on any atom is -0.504 e. The van der Waals surface area contributed by atoms with Crippen LogP contribution in [0.2, 0.25) is 0 Å². The van der Waals surface area contributed by atoms with E-state index in [0.29, 0.717) is 34.2 Å². The number of aromatic hydroxyl groups is 1. The van der Waals surface area contributed by atoms with Crippen LogP contribution in [-0.2, 0) is 4.79 Å². The van der Waals surface area contributed by atoms with Gasteiger partial charge >= 0.3 is 0 Å². The third-order valence-electron chi connectivity index (χ3n) is 4.88. The lowest BCUT2D eigenvalue weighted by Crippen LogP contribution is -2.56. The largest absolute Gasteiger partial charge is 0.504 e. The number of methoxy groups -OCH3 is 4. The second-order valence-electron chi connectivity index (χ2n) is 6.26. The van der Waals surface area contributed by atoms with Gasteiger partial charge in [0, 0.05) is 12.1 Å². The van der Waals surface area contributed by atoms with E-state index in [9.17, 15) is 15.0 Å². The van der Waals surface area contributed by atoms with Crippen molar-refractivity contribution in [1.29, 1.82) is 0 Å². The van der Waals surface area contributed by atoms with E-state index in [1.54, 1.807) is 24.3 Å². The number of phenols is 1. The summed E-state index contributed by atoms with van der Waals surface area (Å²) in [5.74, 6) is 0.667. The van der Waals surface area contributed by atoms with Crippen LogP contribution in [0.5, 0.6) is 28.7 Å². The molecule has 2 N–H and O–H groups in total. The third kappa shape index (κ3) is 3.05. The highest BCUT2D eigenvalue weighted by Crippen LogP contribution is 2.49. The van der Waals surface area contributed by atoms with Crippen molar-refractivity contribution in [3.63, 3.8) is 0 Å². The number of phenolic OH excluding ortho intramolecular Hbond substituents is 1. The zero-order valence-corrected chi connectivity index (χ0v) is 16.1. The Labute approximate surface area is 162 Å². The first-order valence-electron chi connectivity index (χ1n) is 8.61. The van der Waals surface area contributed by atoms with E-state index in [0.717, 1.165) is 0 Å². The molecular formula is C20H23NO7. The minimum atomic E-state index is -0.619. The number of anilines is 1. The van der Waals surface area contributed by atoms with Gasteiger partial charge in [-0.05, 0) is 17.7 Å². The van der Waals surface area contributed by atoms with Gasteiger partial charge in [-0.15, -0.1) is 0 Å². The van der Waals surface area contributed by atoms with Gasteiger partial charge in [0.2, 0.25) is 11.7 Å². The maximum atomic E-state index is 12.7. The molecule has 8 heteroatoms. The van der Waals surface area contributed by atoms with Crippen molar-refractivity contribution < 1.29 is 34.0 Å². The molecule has 8 nitrogen and oxygen atoms in total. The van der Waals surface area contributed by atoms with Gasteiger partial charge in [0.15, 0.2) is 23.0 Å². The Kier molecular flexibility index (Phi) is 5.51. The monoisotopic (exact) mass is 389 g/mol. The summed E-state index contributed by atoms with van der Waals surface area (Å²) >= 11 is 0.